The SMILES string of the molecule is C=C=C1/C(=C\C=C2/CCCC3(C)C(CC/C=C4\CCC(C)(C)C4=O)CCCC3C2)CC(O)C(C)C1O.CC. The first kappa shape index (κ1) is 30.9. The van der Waals surface area contributed by atoms with Crippen LogP contribution >= 0.6 is 0 Å². The quantitative estimate of drug-likeness (QED) is 0.288. The molecule has 0 aromatic heterocycles. The highest BCUT2D eigenvalue weighted by atomic mass is 16.3. The predicted molar refractivity (Wildman–Crippen MR) is 159 cm³/mol. The van der Waals surface area contributed by atoms with Gasteiger partial charge in [-0.3, -0.25) is 4.79 Å². The van der Waals surface area contributed by atoms with E-state index < -0.39 is 12.2 Å². The minimum Gasteiger partial charge on any atom is -0.392 e. The number of aliphatic hydroxyl groups is 2. The molecule has 0 radical (unpaired) electrons. The van der Waals surface area contributed by atoms with E-state index in [0.717, 1.165) is 54.7 Å². The van der Waals surface area contributed by atoms with E-state index in [1.54, 1.807) is 0 Å². The third-order valence-corrected chi connectivity index (χ3v) is 10.4. The largest absolute Gasteiger partial charge is 0.392 e. The summed E-state index contributed by atoms with van der Waals surface area (Å²) in [6.45, 7) is 16.4. The molecule has 0 aromatic carbocycles. The number of carbonyl (C=O) groups is 1. The smallest absolute Gasteiger partial charge is 0.164 e. The number of aliphatic hydroxyl groups excluding tert-OH is 2. The zero-order valence-electron chi connectivity index (χ0n) is 25.1. The van der Waals surface area contributed by atoms with E-state index in [1.165, 1.54) is 44.1 Å². The van der Waals surface area contributed by atoms with Gasteiger partial charge >= 0.3 is 0 Å². The van der Waals surface area contributed by atoms with Crippen molar-refractivity contribution in [3.63, 3.8) is 0 Å². The van der Waals surface area contributed by atoms with Gasteiger partial charge in [-0.25, -0.2) is 0 Å². The zero-order chi connectivity index (χ0) is 28.1. The number of carbonyl (C=O) groups excluding carboxylic acids is 1. The summed E-state index contributed by atoms with van der Waals surface area (Å²) in [7, 11) is 0. The first-order valence-electron chi connectivity index (χ1n) is 15.5. The highest BCUT2D eigenvalue weighted by Gasteiger charge is 2.44. The fourth-order valence-corrected chi connectivity index (χ4v) is 7.63. The van der Waals surface area contributed by atoms with Crippen molar-refractivity contribution in [2.75, 3.05) is 0 Å². The van der Waals surface area contributed by atoms with Crippen molar-refractivity contribution in [3.8, 4) is 0 Å². The molecule has 2 N–H and O–H groups in total. The fourth-order valence-electron chi connectivity index (χ4n) is 7.63. The van der Waals surface area contributed by atoms with E-state index in [0.29, 0.717) is 23.5 Å². The van der Waals surface area contributed by atoms with Crippen LogP contribution in [0.3, 0.4) is 0 Å². The predicted octanol–water partition coefficient (Wildman–Crippen LogP) is 8.43. The standard InChI is InChI=1S/C33H48O3.C2H6/c1-6-28-25(21-29(34)22(2)30(28)35)16-15-23-10-9-18-33(5)26(13-8-14-27(33)20-23)12-7-11-24-17-19-32(3,4)31(24)36;1-2/h11,15-16,22,26-27,29-30,34-35H,1,7-10,12-14,17-21H2,2-5H3;1-2H3/b23-15+,24-11+,25-16-;. The molecular weight excluding hydrogens is 468 g/mol. The molecule has 3 heteroatoms. The number of hydrogen-bond acceptors (Lipinski definition) is 3. The Hall–Kier alpha value is -1.67. The Morgan fingerprint density at radius 3 is 2.39 bits per heavy atom. The van der Waals surface area contributed by atoms with E-state index in [1.807, 2.05) is 20.8 Å². The van der Waals surface area contributed by atoms with Gasteiger partial charge in [0.2, 0.25) is 0 Å². The van der Waals surface area contributed by atoms with Crippen molar-refractivity contribution in [1.82, 2.24) is 0 Å². The Morgan fingerprint density at radius 2 is 1.74 bits per heavy atom. The number of hydrogen-bond donors (Lipinski definition) is 2. The van der Waals surface area contributed by atoms with Crippen molar-refractivity contribution < 1.29 is 15.0 Å². The van der Waals surface area contributed by atoms with Gasteiger partial charge in [0.25, 0.3) is 0 Å². The summed E-state index contributed by atoms with van der Waals surface area (Å²) in [6, 6.07) is 0. The molecule has 0 heterocycles. The lowest BCUT2D eigenvalue weighted by Crippen LogP contribution is -2.38. The van der Waals surface area contributed by atoms with Gasteiger partial charge in [-0.1, -0.05) is 78.3 Å². The fraction of sp³-hybridized carbons (Fsp3) is 0.714. The van der Waals surface area contributed by atoms with E-state index >= 15 is 0 Å². The number of Topliss-reactive ketones (excluding diaryl/α,β-unsaturated/α-hetero) is 1. The van der Waals surface area contributed by atoms with Gasteiger partial charge in [-0.2, -0.15) is 0 Å². The number of fused-ring (bicyclic) bond motifs is 1. The molecule has 4 saturated carbocycles. The first-order valence-corrected chi connectivity index (χ1v) is 15.5. The highest BCUT2D eigenvalue weighted by molar-refractivity contribution is 6.01. The Morgan fingerprint density at radius 1 is 1.00 bits per heavy atom. The number of rotatable bonds is 4. The summed E-state index contributed by atoms with van der Waals surface area (Å²) < 4.78 is 0. The van der Waals surface area contributed by atoms with E-state index in [-0.39, 0.29) is 11.3 Å². The van der Waals surface area contributed by atoms with Crippen LogP contribution in [0.2, 0.25) is 0 Å². The molecule has 212 valence electrons. The third-order valence-electron chi connectivity index (χ3n) is 10.4. The summed E-state index contributed by atoms with van der Waals surface area (Å²) in [6.07, 6.45) is 18.9. The minimum atomic E-state index is -0.701. The van der Waals surface area contributed by atoms with Crippen molar-refractivity contribution in [2.24, 2.45) is 28.6 Å². The molecule has 0 bridgehead atoms. The van der Waals surface area contributed by atoms with Crippen molar-refractivity contribution in [2.45, 2.75) is 131 Å². The third kappa shape index (κ3) is 6.55. The second-order valence-electron chi connectivity index (χ2n) is 13.1. The topological polar surface area (TPSA) is 57.5 Å². The van der Waals surface area contributed by atoms with Gasteiger partial charge in [-0.15, -0.1) is 5.73 Å². The molecule has 0 amide bonds. The van der Waals surface area contributed by atoms with Crippen LogP contribution in [0.4, 0.5) is 0 Å². The van der Waals surface area contributed by atoms with Crippen LogP contribution in [-0.2, 0) is 4.79 Å². The van der Waals surface area contributed by atoms with Gasteiger partial charge in [0.1, 0.15) is 0 Å². The molecule has 0 aliphatic heterocycles. The Balaban J connectivity index is 0.00000195. The molecule has 4 fully saturated rings. The Labute approximate surface area is 232 Å². The van der Waals surface area contributed by atoms with Crippen LogP contribution in [0.15, 0.2) is 52.8 Å². The first-order chi connectivity index (χ1) is 18.1. The molecule has 4 aliphatic rings. The van der Waals surface area contributed by atoms with Crippen molar-refractivity contribution in [3.05, 3.63) is 52.8 Å². The molecule has 6 unspecified atom stereocenters. The average molecular weight is 523 g/mol. The van der Waals surface area contributed by atoms with Gasteiger partial charge < -0.3 is 10.2 Å². The lowest BCUT2D eigenvalue weighted by atomic mass is 9.58. The summed E-state index contributed by atoms with van der Waals surface area (Å²) in [5.74, 6) is 1.62. The monoisotopic (exact) mass is 522 g/mol. The van der Waals surface area contributed by atoms with Crippen LogP contribution in [0.25, 0.3) is 0 Å². The van der Waals surface area contributed by atoms with Crippen LogP contribution in [-0.4, -0.2) is 28.2 Å². The molecule has 0 saturated heterocycles. The normalized spacial score (nSPS) is 38.4. The molecule has 3 nitrogen and oxygen atoms in total. The number of ketones is 1. The van der Waals surface area contributed by atoms with E-state index in [2.05, 4.69) is 51.3 Å². The summed E-state index contributed by atoms with van der Waals surface area (Å²) in [5, 5.41) is 21.0. The molecule has 38 heavy (non-hydrogen) atoms. The Kier molecular flexibility index (Phi) is 10.7. The van der Waals surface area contributed by atoms with E-state index in [4.69, 9.17) is 0 Å². The van der Waals surface area contributed by atoms with Gasteiger partial charge in [0.05, 0.1) is 12.2 Å². The van der Waals surface area contributed by atoms with Gasteiger partial charge in [0.15, 0.2) is 5.78 Å². The second kappa shape index (κ2) is 13.1. The maximum atomic E-state index is 12.6. The molecule has 6 atom stereocenters. The van der Waals surface area contributed by atoms with Crippen LogP contribution in [0.5, 0.6) is 0 Å². The van der Waals surface area contributed by atoms with Gasteiger partial charge in [0, 0.05) is 16.9 Å². The summed E-state index contributed by atoms with van der Waals surface area (Å²) in [4.78, 5) is 12.6. The molecule has 4 aliphatic carbocycles. The Bertz CT molecular complexity index is 989. The molecular formula is C35H54O3. The van der Waals surface area contributed by atoms with Crippen LogP contribution in [0, 0.1) is 28.6 Å². The minimum absolute atomic E-state index is 0.165. The van der Waals surface area contributed by atoms with Crippen LogP contribution in [0.1, 0.15) is 119 Å². The van der Waals surface area contributed by atoms with Gasteiger partial charge in [-0.05, 0) is 99.0 Å². The molecule has 0 spiro atoms. The zero-order valence-corrected chi connectivity index (χ0v) is 25.1. The van der Waals surface area contributed by atoms with Crippen LogP contribution < -0.4 is 0 Å². The maximum Gasteiger partial charge on any atom is 0.164 e. The molecule has 0 aromatic rings. The summed E-state index contributed by atoms with van der Waals surface area (Å²) >= 11 is 0. The van der Waals surface area contributed by atoms with Crippen molar-refractivity contribution in [1.29, 1.82) is 0 Å². The summed E-state index contributed by atoms with van der Waals surface area (Å²) in [5.41, 5.74) is 7.46. The highest BCUT2D eigenvalue weighted by Crippen LogP contribution is 2.54. The molecule has 4 rings (SSSR count). The second-order valence-corrected chi connectivity index (χ2v) is 13.1. The lowest BCUT2D eigenvalue weighted by Gasteiger charge is -2.47. The number of allylic oxidation sites excluding steroid dienone is 5. The lowest BCUT2D eigenvalue weighted by molar-refractivity contribution is -0.121. The average Bonchev–Trinajstić information content (AvgIpc) is 3.04. The maximum absolute atomic E-state index is 12.6. The van der Waals surface area contributed by atoms with E-state index in [9.17, 15) is 15.0 Å². The van der Waals surface area contributed by atoms with Crippen molar-refractivity contribution >= 4 is 5.78 Å².